The Kier molecular flexibility index (Phi) is 3.79. The maximum atomic E-state index is 4.60. The maximum absolute atomic E-state index is 4.60. The zero-order chi connectivity index (χ0) is 13.1. The van der Waals surface area contributed by atoms with Gasteiger partial charge in [0.05, 0.1) is 4.88 Å². The average Bonchev–Trinajstić information content (AvgIpc) is 3.11. The third-order valence-corrected chi connectivity index (χ3v) is 4.49. The van der Waals surface area contributed by atoms with Gasteiger partial charge in [-0.25, -0.2) is 0 Å². The van der Waals surface area contributed by atoms with Gasteiger partial charge in [0.2, 0.25) is 5.95 Å². The van der Waals surface area contributed by atoms with E-state index < -0.39 is 0 Å². The van der Waals surface area contributed by atoms with E-state index in [1.54, 1.807) is 11.3 Å². The standard InChI is InChI=1S/C13H19N5S/c1-14-9-10-4-6-18(7-5-10)13-15-12(16-17-13)11-3-2-8-19-11/h2-3,8,10,14H,4-7,9H2,1H3,(H,15,16,17). The molecule has 0 saturated carbocycles. The molecular weight excluding hydrogens is 258 g/mol. The molecule has 2 aromatic heterocycles. The Bertz CT molecular complexity index is 499. The van der Waals surface area contributed by atoms with Gasteiger partial charge in [0.1, 0.15) is 0 Å². The molecule has 1 fully saturated rings. The zero-order valence-corrected chi connectivity index (χ0v) is 11.9. The monoisotopic (exact) mass is 277 g/mol. The summed E-state index contributed by atoms with van der Waals surface area (Å²) >= 11 is 1.68. The molecule has 102 valence electrons. The molecule has 0 bridgehead atoms. The van der Waals surface area contributed by atoms with E-state index in [1.165, 1.54) is 12.8 Å². The molecule has 0 amide bonds. The van der Waals surface area contributed by atoms with E-state index in [0.717, 1.165) is 42.2 Å². The van der Waals surface area contributed by atoms with Gasteiger partial charge in [-0.3, -0.25) is 5.10 Å². The first-order valence-electron chi connectivity index (χ1n) is 6.72. The fraction of sp³-hybridized carbons (Fsp3) is 0.538. The topological polar surface area (TPSA) is 56.8 Å². The molecule has 19 heavy (non-hydrogen) atoms. The van der Waals surface area contributed by atoms with Crippen molar-refractivity contribution < 1.29 is 0 Å². The number of aromatic amines is 1. The largest absolute Gasteiger partial charge is 0.340 e. The molecule has 0 aromatic carbocycles. The van der Waals surface area contributed by atoms with Crippen molar-refractivity contribution in [3.63, 3.8) is 0 Å². The molecule has 0 aliphatic carbocycles. The second-order valence-corrected chi connectivity index (χ2v) is 5.90. The summed E-state index contributed by atoms with van der Waals surface area (Å²) < 4.78 is 0. The van der Waals surface area contributed by atoms with Crippen LogP contribution in [0.1, 0.15) is 12.8 Å². The number of aromatic nitrogens is 3. The molecule has 3 heterocycles. The van der Waals surface area contributed by atoms with Gasteiger partial charge in [-0.15, -0.1) is 16.4 Å². The number of nitrogens with zero attached hydrogens (tertiary/aromatic N) is 3. The fourth-order valence-electron chi connectivity index (χ4n) is 2.54. The van der Waals surface area contributed by atoms with Gasteiger partial charge in [-0.1, -0.05) is 6.07 Å². The summed E-state index contributed by atoms with van der Waals surface area (Å²) in [5.74, 6) is 2.51. The predicted molar refractivity (Wildman–Crippen MR) is 78.6 cm³/mol. The Hall–Kier alpha value is -1.40. The summed E-state index contributed by atoms with van der Waals surface area (Å²) in [6.45, 7) is 3.21. The van der Waals surface area contributed by atoms with Crippen molar-refractivity contribution in [2.45, 2.75) is 12.8 Å². The van der Waals surface area contributed by atoms with Crippen molar-refractivity contribution in [1.29, 1.82) is 0 Å². The van der Waals surface area contributed by atoms with Crippen LogP contribution in [0.5, 0.6) is 0 Å². The van der Waals surface area contributed by atoms with Gasteiger partial charge in [0.15, 0.2) is 5.82 Å². The van der Waals surface area contributed by atoms with Crippen LogP contribution in [0.4, 0.5) is 5.95 Å². The van der Waals surface area contributed by atoms with Gasteiger partial charge < -0.3 is 10.2 Å². The van der Waals surface area contributed by atoms with E-state index >= 15 is 0 Å². The molecule has 2 aromatic rings. The van der Waals surface area contributed by atoms with Crippen LogP contribution >= 0.6 is 11.3 Å². The highest BCUT2D eigenvalue weighted by Crippen LogP contribution is 2.24. The van der Waals surface area contributed by atoms with Crippen LogP contribution < -0.4 is 10.2 Å². The van der Waals surface area contributed by atoms with Gasteiger partial charge in [-0.2, -0.15) is 4.98 Å². The van der Waals surface area contributed by atoms with Crippen LogP contribution in [0.25, 0.3) is 10.7 Å². The molecule has 0 spiro atoms. The SMILES string of the molecule is CNCC1CCN(c2n[nH]c(-c3cccs3)n2)CC1. The first kappa shape index (κ1) is 12.6. The highest BCUT2D eigenvalue weighted by Gasteiger charge is 2.21. The van der Waals surface area contributed by atoms with Crippen molar-refractivity contribution in [3.05, 3.63) is 17.5 Å². The van der Waals surface area contributed by atoms with Crippen LogP contribution in [0.3, 0.4) is 0 Å². The summed E-state index contributed by atoms with van der Waals surface area (Å²) in [5.41, 5.74) is 0. The summed E-state index contributed by atoms with van der Waals surface area (Å²) in [4.78, 5) is 8.02. The number of hydrogen-bond donors (Lipinski definition) is 2. The van der Waals surface area contributed by atoms with Crippen LogP contribution in [0.2, 0.25) is 0 Å². The molecular formula is C13H19N5S. The lowest BCUT2D eigenvalue weighted by atomic mass is 9.97. The minimum atomic E-state index is 0.789. The van der Waals surface area contributed by atoms with Crippen molar-refractivity contribution >= 4 is 17.3 Å². The lowest BCUT2D eigenvalue weighted by Gasteiger charge is -2.30. The van der Waals surface area contributed by atoms with Gasteiger partial charge in [0, 0.05) is 13.1 Å². The zero-order valence-electron chi connectivity index (χ0n) is 11.1. The van der Waals surface area contributed by atoms with E-state index in [4.69, 9.17) is 0 Å². The lowest BCUT2D eigenvalue weighted by molar-refractivity contribution is 0.391. The number of nitrogens with one attached hydrogen (secondary N) is 2. The molecule has 3 rings (SSSR count). The first-order valence-corrected chi connectivity index (χ1v) is 7.60. The first-order chi connectivity index (χ1) is 9.36. The average molecular weight is 277 g/mol. The maximum Gasteiger partial charge on any atom is 0.245 e. The van der Waals surface area contributed by atoms with E-state index in [2.05, 4.69) is 36.8 Å². The molecule has 0 radical (unpaired) electrons. The van der Waals surface area contributed by atoms with E-state index in [1.807, 2.05) is 13.1 Å². The van der Waals surface area contributed by atoms with Crippen molar-refractivity contribution in [2.24, 2.45) is 5.92 Å². The molecule has 1 aliphatic rings. The van der Waals surface area contributed by atoms with Crippen LogP contribution in [-0.2, 0) is 0 Å². The number of thiophene rings is 1. The smallest absolute Gasteiger partial charge is 0.245 e. The molecule has 1 saturated heterocycles. The van der Waals surface area contributed by atoms with Gasteiger partial charge in [0.25, 0.3) is 0 Å². The summed E-state index contributed by atoms with van der Waals surface area (Å²) in [6.07, 6.45) is 2.42. The number of anilines is 1. The van der Waals surface area contributed by atoms with E-state index in [0.29, 0.717) is 0 Å². The molecule has 5 nitrogen and oxygen atoms in total. The van der Waals surface area contributed by atoms with E-state index in [-0.39, 0.29) is 0 Å². The normalized spacial score (nSPS) is 17.0. The van der Waals surface area contributed by atoms with Gasteiger partial charge in [-0.05, 0) is 43.8 Å². The lowest BCUT2D eigenvalue weighted by Crippen LogP contribution is -2.37. The number of piperidine rings is 1. The van der Waals surface area contributed by atoms with Crippen molar-refractivity contribution in [3.8, 4) is 10.7 Å². The summed E-state index contributed by atoms with van der Waals surface area (Å²) in [7, 11) is 2.02. The Morgan fingerprint density at radius 2 is 2.32 bits per heavy atom. The Morgan fingerprint density at radius 1 is 1.47 bits per heavy atom. The number of H-pyrrole nitrogens is 1. The minimum absolute atomic E-state index is 0.789. The molecule has 1 aliphatic heterocycles. The Balaban J connectivity index is 1.64. The Labute approximate surface area is 117 Å². The minimum Gasteiger partial charge on any atom is -0.340 e. The number of rotatable bonds is 4. The highest BCUT2D eigenvalue weighted by molar-refractivity contribution is 7.13. The van der Waals surface area contributed by atoms with E-state index in [9.17, 15) is 0 Å². The van der Waals surface area contributed by atoms with Crippen LogP contribution in [0.15, 0.2) is 17.5 Å². The molecule has 0 unspecified atom stereocenters. The Morgan fingerprint density at radius 3 is 3.00 bits per heavy atom. The second-order valence-electron chi connectivity index (χ2n) is 4.95. The summed E-state index contributed by atoms with van der Waals surface area (Å²) in [6, 6.07) is 4.10. The molecule has 2 N–H and O–H groups in total. The molecule has 6 heteroatoms. The quantitative estimate of drug-likeness (QED) is 0.897. The second kappa shape index (κ2) is 5.71. The van der Waals surface area contributed by atoms with Crippen molar-refractivity contribution in [2.75, 3.05) is 31.6 Å². The molecule has 0 atom stereocenters. The fourth-order valence-corrected chi connectivity index (χ4v) is 3.21. The predicted octanol–water partition coefficient (Wildman–Crippen LogP) is 1.97. The summed E-state index contributed by atoms with van der Waals surface area (Å²) in [5, 5.41) is 12.7. The van der Waals surface area contributed by atoms with Crippen LogP contribution in [0, 0.1) is 5.92 Å². The highest BCUT2D eigenvalue weighted by atomic mass is 32.1. The van der Waals surface area contributed by atoms with Gasteiger partial charge >= 0.3 is 0 Å². The van der Waals surface area contributed by atoms with Crippen molar-refractivity contribution in [1.82, 2.24) is 20.5 Å². The third-order valence-electron chi connectivity index (χ3n) is 3.62. The van der Waals surface area contributed by atoms with Crippen LogP contribution in [-0.4, -0.2) is 41.9 Å². The number of hydrogen-bond acceptors (Lipinski definition) is 5. The third kappa shape index (κ3) is 2.79.